The fraction of sp³-hybridized carbons (Fsp3) is 0.438. The van der Waals surface area contributed by atoms with Crippen LogP contribution in [-0.4, -0.2) is 22.0 Å². The molecule has 3 rings (SSSR count). The summed E-state index contributed by atoms with van der Waals surface area (Å²) in [4.78, 5) is 0. The first-order valence-electron chi connectivity index (χ1n) is 7.21. The van der Waals surface area contributed by atoms with Crippen LogP contribution in [0, 0.1) is 5.82 Å². The van der Waals surface area contributed by atoms with Crippen LogP contribution in [0.3, 0.4) is 0 Å². The Kier molecular flexibility index (Phi) is 3.45. The molecule has 5 heteroatoms. The lowest BCUT2D eigenvalue weighted by atomic mass is 9.91. The second kappa shape index (κ2) is 5.15. The molecule has 0 saturated heterocycles. The average Bonchev–Trinajstić information content (AvgIpc) is 3.02. The number of halogens is 1. The Morgan fingerprint density at radius 1 is 1.48 bits per heavy atom. The van der Waals surface area contributed by atoms with Gasteiger partial charge in [0.1, 0.15) is 17.1 Å². The van der Waals surface area contributed by atoms with Crippen LogP contribution >= 0.6 is 0 Å². The Balaban J connectivity index is 2.15. The molecule has 0 aliphatic heterocycles. The fourth-order valence-corrected chi connectivity index (χ4v) is 3.19. The van der Waals surface area contributed by atoms with Crippen LogP contribution in [0.25, 0.3) is 0 Å². The van der Waals surface area contributed by atoms with Gasteiger partial charge in [0, 0.05) is 6.54 Å². The number of hydrogen-bond acceptors (Lipinski definition) is 3. The minimum absolute atomic E-state index is 0.271. The minimum atomic E-state index is -1.17. The third-order valence-corrected chi connectivity index (χ3v) is 4.12. The van der Waals surface area contributed by atoms with E-state index in [2.05, 4.69) is 12.0 Å². The molecule has 1 aliphatic rings. The number of nitrogens with zero attached hydrogens (tertiary/aromatic N) is 2. The smallest absolute Gasteiger partial charge is 0.163 e. The van der Waals surface area contributed by atoms with Crippen LogP contribution in [0.15, 0.2) is 24.4 Å². The van der Waals surface area contributed by atoms with Gasteiger partial charge in [-0.25, -0.2) is 4.39 Å². The normalized spacial score (nSPS) is 20.6. The molecule has 1 N–H and O–H groups in total. The number of ether oxygens (including phenoxy) is 1. The van der Waals surface area contributed by atoms with Gasteiger partial charge in [0.05, 0.1) is 13.3 Å². The van der Waals surface area contributed by atoms with Crippen molar-refractivity contribution in [1.29, 1.82) is 0 Å². The van der Waals surface area contributed by atoms with Crippen LogP contribution < -0.4 is 4.74 Å². The van der Waals surface area contributed by atoms with Crippen LogP contribution in [0.1, 0.15) is 36.6 Å². The topological polar surface area (TPSA) is 47.3 Å². The lowest BCUT2D eigenvalue weighted by molar-refractivity contribution is 0.0697. The zero-order valence-corrected chi connectivity index (χ0v) is 12.3. The molecule has 1 aliphatic carbocycles. The van der Waals surface area contributed by atoms with E-state index in [0.29, 0.717) is 30.8 Å². The Hall–Kier alpha value is -1.88. The number of fused-ring (bicyclic) bond motifs is 1. The van der Waals surface area contributed by atoms with Gasteiger partial charge in [-0.1, -0.05) is 13.0 Å². The lowest BCUT2D eigenvalue weighted by Crippen LogP contribution is -2.28. The molecule has 112 valence electrons. The first-order valence-corrected chi connectivity index (χ1v) is 7.21. The summed E-state index contributed by atoms with van der Waals surface area (Å²) < 4.78 is 20.5. The molecule has 0 radical (unpaired) electrons. The number of aryl methyl sites for hydroxylation is 2. The van der Waals surface area contributed by atoms with Gasteiger partial charge >= 0.3 is 0 Å². The van der Waals surface area contributed by atoms with E-state index in [4.69, 9.17) is 4.74 Å². The largest absolute Gasteiger partial charge is 0.493 e. The van der Waals surface area contributed by atoms with Crippen molar-refractivity contribution in [2.24, 2.45) is 0 Å². The molecule has 2 aromatic rings. The molecule has 1 aromatic heterocycles. The number of benzene rings is 1. The van der Waals surface area contributed by atoms with Gasteiger partial charge in [0.2, 0.25) is 0 Å². The molecule has 0 amide bonds. The Morgan fingerprint density at radius 2 is 2.29 bits per heavy atom. The molecule has 21 heavy (non-hydrogen) atoms. The maximum atomic E-state index is 13.4. The molecule has 0 bridgehead atoms. The summed E-state index contributed by atoms with van der Waals surface area (Å²) >= 11 is 0. The summed E-state index contributed by atoms with van der Waals surface area (Å²) in [6.45, 7) is 2.76. The number of hydrogen-bond donors (Lipinski definition) is 1. The summed E-state index contributed by atoms with van der Waals surface area (Å²) in [5.41, 5.74) is 1.10. The molecule has 1 unspecified atom stereocenters. The van der Waals surface area contributed by atoms with Crippen molar-refractivity contribution < 1.29 is 14.2 Å². The number of aromatic nitrogens is 2. The van der Waals surface area contributed by atoms with Crippen LogP contribution in [-0.2, 0) is 18.6 Å². The van der Waals surface area contributed by atoms with Crippen LogP contribution in [0.2, 0.25) is 0 Å². The highest BCUT2D eigenvalue weighted by Gasteiger charge is 2.43. The molecular formula is C16H19FN2O2. The van der Waals surface area contributed by atoms with Crippen molar-refractivity contribution in [2.75, 3.05) is 7.11 Å². The van der Waals surface area contributed by atoms with Gasteiger partial charge in [-0.3, -0.25) is 4.68 Å². The molecule has 0 spiro atoms. The highest BCUT2D eigenvalue weighted by atomic mass is 19.1. The van der Waals surface area contributed by atoms with E-state index in [9.17, 15) is 9.50 Å². The van der Waals surface area contributed by atoms with E-state index in [-0.39, 0.29) is 5.82 Å². The molecule has 1 aromatic carbocycles. The monoisotopic (exact) mass is 290 g/mol. The standard InChI is InChI=1S/C16H19FN2O2/c1-3-8-19-15(14(21-2)10-18-19)16(20)7-6-11-9-12(17)4-5-13(11)16/h4-5,9-10,20H,3,6-8H2,1-2H3. The predicted molar refractivity (Wildman–Crippen MR) is 76.8 cm³/mol. The van der Waals surface area contributed by atoms with Gasteiger partial charge in [-0.05, 0) is 42.5 Å². The van der Waals surface area contributed by atoms with Crippen molar-refractivity contribution >= 4 is 0 Å². The zero-order valence-electron chi connectivity index (χ0n) is 12.3. The maximum Gasteiger partial charge on any atom is 0.163 e. The number of rotatable bonds is 4. The van der Waals surface area contributed by atoms with E-state index in [1.54, 1.807) is 24.1 Å². The highest BCUT2D eigenvalue weighted by Crippen LogP contribution is 2.45. The lowest BCUT2D eigenvalue weighted by Gasteiger charge is -2.26. The van der Waals surface area contributed by atoms with E-state index < -0.39 is 5.60 Å². The second-order valence-corrected chi connectivity index (χ2v) is 5.45. The quantitative estimate of drug-likeness (QED) is 0.941. The van der Waals surface area contributed by atoms with Crippen LogP contribution in [0.5, 0.6) is 5.75 Å². The fourth-order valence-electron chi connectivity index (χ4n) is 3.19. The number of methoxy groups -OCH3 is 1. The minimum Gasteiger partial charge on any atom is -0.493 e. The van der Waals surface area contributed by atoms with Crippen molar-refractivity contribution in [3.63, 3.8) is 0 Å². The summed E-state index contributed by atoms with van der Waals surface area (Å²) in [6, 6.07) is 4.56. The number of aliphatic hydroxyl groups is 1. The predicted octanol–water partition coefficient (Wildman–Crippen LogP) is 2.62. The van der Waals surface area contributed by atoms with E-state index in [1.807, 2.05) is 0 Å². The third kappa shape index (κ3) is 2.12. The van der Waals surface area contributed by atoms with Crippen molar-refractivity contribution in [1.82, 2.24) is 9.78 Å². The third-order valence-electron chi connectivity index (χ3n) is 4.12. The van der Waals surface area contributed by atoms with Gasteiger partial charge in [0.15, 0.2) is 5.75 Å². The maximum absolute atomic E-state index is 13.4. The summed E-state index contributed by atoms with van der Waals surface area (Å²) in [7, 11) is 1.57. The molecule has 4 nitrogen and oxygen atoms in total. The van der Waals surface area contributed by atoms with Crippen molar-refractivity contribution in [3.8, 4) is 5.75 Å². The van der Waals surface area contributed by atoms with Gasteiger partial charge in [-0.2, -0.15) is 5.10 Å². The SMILES string of the molecule is CCCn1ncc(OC)c1C1(O)CCc2cc(F)ccc21. The molecule has 1 atom stereocenters. The molecule has 0 fully saturated rings. The summed E-state index contributed by atoms with van der Waals surface area (Å²) in [5.74, 6) is 0.301. The molecule has 1 heterocycles. The Morgan fingerprint density at radius 3 is 3.00 bits per heavy atom. The van der Waals surface area contributed by atoms with Crippen molar-refractivity contribution in [2.45, 2.75) is 38.3 Å². The molecular weight excluding hydrogens is 271 g/mol. The van der Waals surface area contributed by atoms with Gasteiger partial charge in [-0.15, -0.1) is 0 Å². The van der Waals surface area contributed by atoms with Crippen molar-refractivity contribution in [3.05, 3.63) is 47.0 Å². The van der Waals surface area contributed by atoms with Gasteiger partial charge in [0.25, 0.3) is 0 Å². The van der Waals surface area contributed by atoms with E-state index in [1.165, 1.54) is 12.1 Å². The summed E-state index contributed by atoms with van der Waals surface area (Å²) in [6.07, 6.45) is 3.69. The second-order valence-electron chi connectivity index (χ2n) is 5.45. The van der Waals surface area contributed by atoms with E-state index in [0.717, 1.165) is 17.5 Å². The Bertz CT molecular complexity index is 668. The zero-order chi connectivity index (χ0) is 15.0. The first kappa shape index (κ1) is 14.1. The summed E-state index contributed by atoms with van der Waals surface area (Å²) in [5, 5.41) is 15.6. The van der Waals surface area contributed by atoms with E-state index >= 15 is 0 Å². The first-order chi connectivity index (χ1) is 10.1. The highest BCUT2D eigenvalue weighted by molar-refractivity contribution is 5.47. The molecule has 0 saturated carbocycles. The van der Waals surface area contributed by atoms with Gasteiger partial charge < -0.3 is 9.84 Å². The van der Waals surface area contributed by atoms with Crippen LogP contribution in [0.4, 0.5) is 4.39 Å². The average molecular weight is 290 g/mol. The Labute approximate surface area is 123 Å².